The molecule has 0 atom stereocenters. The van der Waals surface area contributed by atoms with Crippen LogP contribution >= 0.6 is 22.9 Å². The lowest BCUT2D eigenvalue weighted by Crippen LogP contribution is -2.13. The smallest absolute Gasteiger partial charge is 0.282 e. The Labute approximate surface area is 146 Å². The van der Waals surface area contributed by atoms with Crippen molar-refractivity contribution in [3.05, 3.63) is 62.2 Å². The Morgan fingerprint density at radius 3 is 2.75 bits per heavy atom. The van der Waals surface area contributed by atoms with Gasteiger partial charge >= 0.3 is 0 Å². The molecule has 0 spiro atoms. The average Bonchev–Trinajstić information content (AvgIpc) is 2.89. The minimum atomic E-state index is -0.614. The highest BCUT2D eigenvalue weighted by molar-refractivity contribution is 7.22. The summed E-state index contributed by atoms with van der Waals surface area (Å²) < 4.78 is 0.948. The number of nitrogens with zero attached hydrogens (tertiary/aromatic N) is 2. The molecule has 6 nitrogen and oxygen atoms in total. The normalized spacial score (nSPS) is 10.8. The molecule has 0 radical (unpaired) electrons. The Morgan fingerprint density at radius 2 is 2.04 bits per heavy atom. The lowest BCUT2D eigenvalue weighted by Gasteiger charge is -2.03. The molecule has 0 aliphatic carbocycles. The molecule has 1 aromatic heterocycles. The number of carbonyl (C=O) groups is 1. The first kappa shape index (κ1) is 16.4. The highest BCUT2D eigenvalue weighted by atomic mass is 35.5. The number of carbonyl (C=O) groups excluding carboxylic acids is 1. The third-order valence-corrected chi connectivity index (χ3v) is 4.60. The van der Waals surface area contributed by atoms with Crippen LogP contribution in [0, 0.1) is 24.0 Å². The maximum atomic E-state index is 12.4. The van der Waals surface area contributed by atoms with E-state index in [-0.39, 0.29) is 16.3 Å². The molecular weight excluding hydrogens is 350 g/mol. The molecule has 8 heteroatoms. The molecule has 3 aromatic rings. The number of benzene rings is 2. The average molecular weight is 362 g/mol. The van der Waals surface area contributed by atoms with E-state index in [1.165, 1.54) is 29.5 Å². The largest absolute Gasteiger partial charge is 0.298 e. The van der Waals surface area contributed by atoms with Crippen LogP contribution in [0.2, 0.25) is 5.02 Å². The van der Waals surface area contributed by atoms with E-state index in [2.05, 4.69) is 10.3 Å². The quantitative estimate of drug-likeness (QED) is 0.540. The molecule has 0 bridgehead atoms. The van der Waals surface area contributed by atoms with Gasteiger partial charge in [0.25, 0.3) is 11.6 Å². The van der Waals surface area contributed by atoms with Crippen LogP contribution in [0.3, 0.4) is 0 Å². The van der Waals surface area contributed by atoms with Crippen LogP contribution in [0.4, 0.5) is 10.8 Å². The van der Waals surface area contributed by atoms with Crippen LogP contribution in [0.15, 0.2) is 30.3 Å². The number of hydrogen-bond acceptors (Lipinski definition) is 5. The van der Waals surface area contributed by atoms with Gasteiger partial charge in [0, 0.05) is 11.1 Å². The molecule has 1 heterocycles. The fourth-order valence-electron chi connectivity index (χ4n) is 2.44. The number of rotatable bonds is 3. The summed E-state index contributed by atoms with van der Waals surface area (Å²) in [5.41, 5.74) is 2.52. The van der Waals surface area contributed by atoms with Crippen molar-refractivity contribution in [2.75, 3.05) is 5.32 Å². The van der Waals surface area contributed by atoms with Gasteiger partial charge in [-0.25, -0.2) is 4.98 Å². The zero-order valence-corrected chi connectivity index (χ0v) is 14.4. The minimum absolute atomic E-state index is 0.0975. The van der Waals surface area contributed by atoms with E-state index in [1.807, 2.05) is 26.0 Å². The van der Waals surface area contributed by atoms with Gasteiger partial charge in [-0.1, -0.05) is 29.0 Å². The summed E-state index contributed by atoms with van der Waals surface area (Å²) in [6.45, 7) is 3.93. The molecule has 1 N–H and O–H groups in total. The van der Waals surface area contributed by atoms with Crippen LogP contribution in [-0.2, 0) is 0 Å². The minimum Gasteiger partial charge on any atom is -0.298 e. The second kappa shape index (κ2) is 6.18. The van der Waals surface area contributed by atoms with Gasteiger partial charge in [-0.05, 0) is 43.2 Å². The van der Waals surface area contributed by atoms with Crippen molar-refractivity contribution < 1.29 is 9.72 Å². The van der Waals surface area contributed by atoms with Crippen LogP contribution < -0.4 is 5.32 Å². The van der Waals surface area contributed by atoms with E-state index in [1.54, 1.807) is 0 Å². The number of nitro groups is 1. The standard InChI is InChI=1S/C16H12ClN3O3S/c1-8-5-9(2)14-13(6-8)24-16(18-14)19-15(21)11-7-10(17)3-4-12(11)20(22)23/h3-7H,1-2H3,(H,18,19,21). The predicted molar refractivity (Wildman–Crippen MR) is 95.2 cm³/mol. The fourth-order valence-corrected chi connectivity index (χ4v) is 3.65. The van der Waals surface area contributed by atoms with Gasteiger partial charge in [0.15, 0.2) is 5.13 Å². The van der Waals surface area contributed by atoms with E-state index in [0.29, 0.717) is 5.13 Å². The summed E-state index contributed by atoms with van der Waals surface area (Å²) in [6, 6.07) is 7.86. The molecule has 1 amide bonds. The molecule has 0 aliphatic rings. The number of nitro benzene ring substituents is 1. The second-order valence-corrected chi connectivity index (χ2v) is 6.79. The monoisotopic (exact) mass is 361 g/mol. The van der Waals surface area contributed by atoms with Gasteiger partial charge in [0.05, 0.1) is 15.1 Å². The Morgan fingerprint density at radius 1 is 1.29 bits per heavy atom. The van der Waals surface area contributed by atoms with E-state index in [0.717, 1.165) is 21.3 Å². The Hall–Kier alpha value is -2.51. The summed E-state index contributed by atoms with van der Waals surface area (Å²) >= 11 is 7.18. The number of anilines is 1. The molecule has 0 saturated heterocycles. The lowest BCUT2D eigenvalue weighted by molar-refractivity contribution is -0.385. The molecule has 0 unspecified atom stereocenters. The number of amides is 1. The summed E-state index contributed by atoms with van der Waals surface area (Å²) in [7, 11) is 0. The molecule has 2 aromatic carbocycles. The number of aryl methyl sites for hydroxylation is 2. The Balaban J connectivity index is 1.97. The zero-order chi connectivity index (χ0) is 17.4. The number of hydrogen-bond donors (Lipinski definition) is 1. The molecule has 0 fully saturated rings. The van der Waals surface area contributed by atoms with Gasteiger partial charge in [-0.3, -0.25) is 20.2 Å². The summed E-state index contributed by atoms with van der Waals surface area (Å²) in [4.78, 5) is 27.3. The Bertz CT molecular complexity index is 984. The van der Waals surface area contributed by atoms with Gasteiger partial charge in [-0.15, -0.1) is 0 Å². The second-order valence-electron chi connectivity index (χ2n) is 5.32. The number of aromatic nitrogens is 1. The SMILES string of the molecule is Cc1cc(C)c2nc(NC(=O)c3cc(Cl)ccc3[N+](=O)[O-])sc2c1. The van der Waals surface area contributed by atoms with Gasteiger partial charge in [0.2, 0.25) is 0 Å². The maximum absolute atomic E-state index is 12.4. The third kappa shape index (κ3) is 3.08. The van der Waals surface area contributed by atoms with Crippen LogP contribution in [0.5, 0.6) is 0 Å². The lowest BCUT2D eigenvalue weighted by atomic mass is 10.1. The molecule has 122 valence electrons. The van der Waals surface area contributed by atoms with Gasteiger partial charge < -0.3 is 0 Å². The first-order chi connectivity index (χ1) is 11.3. The number of nitrogens with one attached hydrogen (secondary N) is 1. The topological polar surface area (TPSA) is 85.1 Å². The first-order valence-corrected chi connectivity index (χ1v) is 8.17. The molecule has 0 aliphatic heterocycles. The van der Waals surface area contributed by atoms with E-state index in [4.69, 9.17) is 11.6 Å². The van der Waals surface area contributed by atoms with E-state index in [9.17, 15) is 14.9 Å². The van der Waals surface area contributed by atoms with Crippen molar-refractivity contribution in [1.29, 1.82) is 0 Å². The molecular formula is C16H12ClN3O3S. The van der Waals surface area contributed by atoms with Crippen LogP contribution in [0.1, 0.15) is 21.5 Å². The maximum Gasteiger partial charge on any atom is 0.282 e. The van der Waals surface area contributed by atoms with Gasteiger partial charge in [0.1, 0.15) is 5.56 Å². The van der Waals surface area contributed by atoms with Crippen molar-refractivity contribution in [3.8, 4) is 0 Å². The van der Waals surface area contributed by atoms with Gasteiger partial charge in [-0.2, -0.15) is 0 Å². The van der Waals surface area contributed by atoms with Crippen molar-refractivity contribution in [2.45, 2.75) is 13.8 Å². The van der Waals surface area contributed by atoms with Crippen LogP contribution in [-0.4, -0.2) is 15.8 Å². The van der Waals surface area contributed by atoms with Crippen molar-refractivity contribution in [3.63, 3.8) is 0 Å². The highest BCUT2D eigenvalue weighted by Gasteiger charge is 2.21. The first-order valence-electron chi connectivity index (χ1n) is 6.98. The van der Waals surface area contributed by atoms with Crippen molar-refractivity contribution in [2.24, 2.45) is 0 Å². The van der Waals surface area contributed by atoms with Crippen molar-refractivity contribution in [1.82, 2.24) is 4.98 Å². The molecule has 24 heavy (non-hydrogen) atoms. The third-order valence-electron chi connectivity index (χ3n) is 3.45. The summed E-state index contributed by atoms with van der Waals surface area (Å²) in [6.07, 6.45) is 0. The molecule has 3 rings (SSSR count). The van der Waals surface area contributed by atoms with Crippen molar-refractivity contribution >= 4 is 49.9 Å². The van der Waals surface area contributed by atoms with E-state index < -0.39 is 10.8 Å². The highest BCUT2D eigenvalue weighted by Crippen LogP contribution is 2.30. The Kier molecular flexibility index (Phi) is 4.21. The fraction of sp³-hybridized carbons (Fsp3) is 0.125. The van der Waals surface area contributed by atoms with Crippen LogP contribution in [0.25, 0.3) is 10.2 Å². The zero-order valence-electron chi connectivity index (χ0n) is 12.8. The molecule has 0 saturated carbocycles. The number of fused-ring (bicyclic) bond motifs is 1. The predicted octanol–water partition coefficient (Wildman–Crippen LogP) is 4.73. The number of thiazole rings is 1. The number of halogens is 1. The summed E-state index contributed by atoms with van der Waals surface area (Å²) in [5, 5.41) is 14.3. The summed E-state index contributed by atoms with van der Waals surface area (Å²) in [5.74, 6) is -0.613. The van der Waals surface area contributed by atoms with E-state index >= 15 is 0 Å².